The SMILES string of the molecule is CCCCCCC1(CCCCC)c2ccccc2-c2cc(C(=O)O)ccc21.COC(=O)c1ccc(OS(=O)(=O)C(F)(F)F)c(-c2ccccc2C)c1.COC(=O)c1ccc2c(c1)-c1ccccc1C2. The molecule has 6 aromatic rings. The Kier molecular flexibility index (Phi) is 16.9. The van der Waals surface area contributed by atoms with Crippen LogP contribution >= 0.6 is 0 Å². The van der Waals surface area contributed by atoms with Crippen LogP contribution in [0.25, 0.3) is 33.4 Å². The molecule has 1 N–H and O–H groups in total. The predicted octanol–water partition coefficient (Wildman–Crippen LogP) is 13.9. The fourth-order valence-electron chi connectivity index (χ4n) is 9.26. The van der Waals surface area contributed by atoms with Gasteiger partial charge in [-0.05, 0) is 124 Å². The Morgan fingerprint density at radius 3 is 1.71 bits per heavy atom. The number of benzene rings is 6. The molecule has 0 heterocycles. The zero-order valence-corrected chi connectivity index (χ0v) is 40.3. The van der Waals surface area contributed by atoms with Gasteiger partial charge in [0.2, 0.25) is 0 Å². The average Bonchev–Trinajstić information content (AvgIpc) is 3.85. The summed E-state index contributed by atoms with van der Waals surface area (Å²) in [6.45, 7) is 6.19. The summed E-state index contributed by atoms with van der Waals surface area (Å²) in [5.74, 6) is -2.39. The highest BCUT2D eigenvalue weighted by molar-refractivity contribution is 7.88. The third-order valence-electron chi connectivity index (χ3n) is 12.7. The van der Waals surface area contributed by atoms with E-state index < -0.39 is 33.3 Å². The zero-order valence-electron chi connectivity index (χ0n) is 39.5. The molecule has 0 radical (unpaired) electrons. The Bertz CT molecular complexity index is 2930. The molecule has 8 rings (SSSR count). The van der Waals surface area contributed by atoms with Crippen molar-refractivity contribution in [1.82, 2.24) is 0 Å². The van der Waals surface area contributed by atoms with E-state index in [4.69, 9.17) is 4.74 Å². The van der Waals surface area contributed by atoms with Crippen LogP contribution in [0.2, 0.25) is 0 Å². The van der Waals surface area contributed by atoms with Crippen LogP contribution < -0.4 is 4.18 Å². The van der Waals surface area contributed by atoms with Gasteiger partial charge >= 0.3 is 33.5 Å². The Morgan fingerprint density at radius 2 is 1.09 bits per heavy atom. The molecule has 0 fully saturated rings. The number of carbonyl (C=O) groups is 3. The molecule has 0 aromatic heterocycles. The summed E-state index contributed by atoms with van der Waals surface area (Å²) in [6.07, 6.45) is 12.0. The monoisotopic (exact) mass is 962 g/mol. The molecule has 9 nitrogen and oxygen atoms in total. The van der Waals surface area contributed by atoms with Gasteiger partial charge in [-0.1, -0.05) is 144 Å². The topological polar surface area (TPSA) is 133 Å². The molecule has 69 heavy (non-hydrogen) atoms. The molecule has 1 unspecified atom stereocenters. The van der Waals surface area contributed by atoms with Crippen LogP contribution in [0.5, 0.6) is 5.75 Å². The second-order valence-electron chi connectivity index (χ2n) is 17.2. The maximum absolute atomic E-state index is 12.6. The number of methoxy groups -OCH3 is 2. The van der Waals surface area contributed by atoms with Gasteiger partial charge in [0.15, 0.2) is 5.75 Å². The van der Waals surface area contributed by atoms with Crippen molar-refractivity contribution in [1.29, 1.82) is 0 Å². The summed E-state index contributed by atoms with van der Waals surface area (Å²) in [7, 11) is -3.30. The molecule has 6 aromatic carbocycles. The van der Waals surface area contributed by atoms with Crippen molar-refractivity contribution in [2.24, 2.45) is 0 Å². The van der Waals surface area contributed by atoms with E-state index in [0.717, 1.165) is 49.6 Å². The van der Waals surface area contributed by atoms with Gasteiger partial charge in [0.25, 0.3) is 0 Å². The van der Waals surface area contributed by atoms with Gasteiger partial charge in [0.05, 0.1) is 30.9 Å². The Morgan fingerprint density at radius 1 is 0.580 bits per heavy atom. The molecule has 0 saturated carbocycles. The number of esters is 2. The fourth-order valence-corrected chi connectivity index (χ4v) is 9.74. The summed E-state index contributed by atoms with van der Waals surface area (Å²) >= 11 is 0. The lowest BCUT2D eigenvalue weighted by Crippen LogP contribution is -2.28. The van der Waals surface area contributed by atoms with E-state index in [1.165, 1.54) is 91.5 Å². The fraction of sp³-hybridized carbons (Fsp3) is 0.304. The Labute approximate surface area is 402 Å². The van der Waals surface area contributed by atoms with E-state index in [0.29, 0.717) is 22.3 Å². The van der Waals surface area contributed by atoms with Crippen molar-refractivity contribution in [3.8, 4) is 39.1 Å². The first-order valence-electron chi connectivity index (χ1n) is 23.1. The molecule has 2 aliphatic rings. The maximum atomic E-state index is 12.6. The van der Waals surface area contributed by atoms with Crippen LogP contribution in [0.1, 0.15) is 131 Å². The number of carbonyl (C=O) groups excluding carboxylic acids is 2. The normalized spacial score (nSPS) is 14.1. The molecule has 0 amide bonds. The first kappa shape index (κ1) is 51.7. The quantitative estimate of drug-likeness (QED) is 0.0461. The lowest BCUT2D eigenvalue weighted by Gasteiger charge is -2.33. The van der Waals surface area contributed by atoms with Gasteiger partial charge in [0.1, 0.15) is 0 Å². The third kappa shape index (κ3) is 11.6. The lowest BCUT2D eigenvalue weighted by molar-refractivity contribution is -0.0500. The number of ether oxygens (including phenoxy) is 2. The van der Waals surface area contributed by atoms with E-state index in [9.17, 15) is 41.1 Å². The number of unbranched alkanes of at least 4 members (excludes halogenated alkanes) is 5. The van der Waals surface area contributed by atoms with Gasteiger partial charge in [-0.2, -0.15) is 21.6 Å². The van der Waals surface area contributed by atoms with Crippen LogP contribution in [-0.4, -0.2) is 51.2 Å². The van der Waals surface area contributed by atoms with E-state index in [1.807, 2.05) is 36.4 Å². The molecule has 0 saturated heterocycles. The van der Waals surface area contributed by atoms with Crippen LogP contribution in [0.15, 0.2) is 127 Å². The van der Waals surface area contributed by atoms with Gasteiger partial charge in [-0.15, -0.1) is 0 Å². The smallest absolute Gasteiger partial charge is 0.478 e. The molecule has 0 spiro atoms. The third-order valence-corrected chi connectivity index (χ3v) is 13.7. The van der Waals surface area contributed by atoms with Crippen molar-refractivity contribution in [2.75, 3.05) is 14.2 Å². The summed E-state index contributed by atoms with van der Waals surface area (Å²) in [5, 5.41) is 9.47. The number of carboxylic acids is 1. The van der Waals surface area contributed by atoms with Crippen molar-refractivity contribution in [3.05, 3.63) is 172 Å². The number of halogens is 3. The van der Waals surface area contributed by atoms with Crippen LogP contribution in [-0.2, 0) is 31.4 Å². The number of rotatable bonds is 15. The minimum atomic E-state index is -5.85. The summed E-state index contributed by atoms with van der Waals surface area (Å²) in [5.41, 5.74) is 6.73. The number of hydrogen-bond donors (Lipinski definition) is 1. The molecule has 0 aliphatic heterocycles. The minimum Gasteiger partial charge on any atom is -0.478 e. The molecule has 2 aliphatic carbocycles. The highest BCUT2D eigenvalue weighted by Crippen LogP contribution is 2.54. The second-order valence-corrected chi connectivity index (χ2v) is 18.7. The number of carboxylic acid groups (broad SMARTS) is 1. The van der Waals surface area contributed by atoms with Gasteiger partial charge < -0.3 is 18.8 Å². The minimum absolute atomic E-state index is 0.0221. The molecular weight excluding hydrogens is 906 g/mol. The van der Waals surface area contributed by atoms with Crippen LogP contribution in [0, 0.1) is 6.92 Å². The molecule has 13 heteroatoms. The summed E-state index contributed by atoms with van der Waals surface area (Å²) in [6, 6.07) is 38.4. The molecule has 362 valence electrons. The standard InChI is InChI=1S/C25H32O2.C16H13F3O5S.C15H12O2/c1-3-5-7-11-17-25(16-10-6-4-2)22-13-9-8-12-20(22)21-18-19(24(26)27)14-15-23(21)25;1-10-5-3-4-6-12(10)13-9-11(15(20)23-2)7-8-14(13)24-25(21,22)16(17,18)19;1-17-15(16)12-7-6-11-8-10-4-2-3-5-13(10)14(11)9-12/h8-9,12-15,18H,3-7,10-11,16-17H2,1-2H3,(H,26,27);3-9H,1-2H3;2-7,9H,8H2,1H3. The highest BCUT2D eigenvalue weighted by atomic mass is 32.2. The first-order valence-corrected chi connectivity index (χ1v) is 24.5. The van der Waals surface area contributed by atoms with Gasteiger partial charge in [0, 0.05) is 11.0 Å². The van der Waals surface area contributed by atoms with E-state index in [2.05, 4.69) is 65.2 Å². The second kappa shape index (κ2) is 22.6. The maximum Gasteiger partial charge on any atom is 0.534 e. The van der Waals surface area contributed by atoms with Crippen LogP contribution in [0.3, 0.4) is 0 Å². The van der Waals surface area contributed by atoms with Gasteiger partial charge in [-0.3, -0.25) is 0 Å². The molecular formula is C56H57F3O9S. The Hall–Kier alpha value is -6.73. The lowest BCUT2D eigenvalue weighted by atomic mass is 9.70. The first-order chi connectivity index (χ1) is 33.0. The summed E-state index contributed by atoms with van der Waals surface area (Å²) < 4.78 is 74.1. The zero-order chi connectivity index (χ0) is 49.9. The predicted molar refractivity (Wildman–Crippen MR) is 262 cm³/mol. The van der Waals surface area contributed by atoms with Crippen molar-refractivity contribution >= 4 is 28.0 Å². The van der Waals surface area contributed by atoms with Crippen molar-refractivity contribution < 1.29 is 54.7 Å². The number of aryl methyl sites for hydroxylation is 1. The highest BCUT2D eigenvalue weighted by Gasteiger charge is 2.49. The van der Waals surface area contributed by atoms with E-state index in [1.54, 1.807) is 37.3 Å². The molecule has 0 bridgehead atoms. The largest absolute Gasteiger partial charge is 0.534 e. The average molecular weight is 963 g/mol. The van der Waals surface area contributed by atoms with E-state index in [-0.39, 0.29) is 22.5 Å². The number of fused-ring (bicyclic) bond motifs is 6. The summed E-state index contributed by atoms with van der Waals surface area (Å²) in [4.78, 5) is 34.7. The van der Waals surface area contributed by atoms with Gasteiger partial charge in [-0.25, -0.2) is 14.4 Å². The van der Waals surface area contributed by atoms with Crippen molar-refractivity contribution in [2.45, 2.75) is 95.9 Å². The number of hydrogen-bond acceptors (Lipinski definition) is 8. The molecule has 1 atom stereocenters. The van der Waals surface area contributed by atoms with E-state index >= 15 is 0 Å². The van der Waals surface area contributed by atoms with Crippen molar-refractivity contribution in [3.63, 3.8) is 0 Å². The Balaban J connectivity index is 0.000000174. The number of aromatic carboxylic acids is 1. The number of alkyl halides is 3. The van der Waals surface area contributed by atoms with Crippen LogP contribution in [0.4, 0.5) is 13.2 Å².